The highest BCUT2D eigenvalue weighted by atomic mass is 35.5. The summed E-state index contributed by atoms with van der Waals surface area (Å²) >= 11 is 11.7. The van der Waals surface area contributed by atoms with Gasteiger partial charge in [-0.15, -0.1) is 0 Å². The number of rotatable bonds is 4. The third kappa shape index (κ3) is 4.08. The van der Waals surface area contributed by atoms with Crippen LogP contribution < -0.4 is 16.0 Å². The van der Waals surface area contributed by atoms with E-state index < -0.39 is 22.9 Å². The van der Waals surface area contributed by atoms with Crippen LogP contribution in [0.5, 0.6) is 0 Å². The number of nitrogens with one attached hydrogen (secondary N) is 3. The summed E-state index contributed by atoms with van der Waals surface area (Å²) in [7, 11) is 0. The third-order valence-corrected chi connectivity index (χ3v) is 4.69. The van der Waals surface area contributed by atoms with E-state index in [4.69, 9.17) is 23.2 Å². The lowest BCUT2D eigenvalue weighted by atomic mass is 9.94. The Morgan fingerprint density at radius 2 is 1.86 bits per heavy atom. The summed E-state index contributed by atoms with van der Waals surface area (Å²) in [5, 5.41) is 19.6. The van der Waals surface area contributed by atoms with Crippen molar-refractivity contribution in [3.05, 3.63) is 79.5 Å². The molecule has 0 aromatic heterocycles. The number of hydrogen-bond donors (Lipinski definition) is 3. The second kappa shape index (κ2) is 7.87. The van der Waals surface area contributed by atoms with Crippen LogP contribution in [0.2, 0.25) is 10.0 Å². The number of carbonyl (C=O) groups excluding carboxylic acids is 2. The maximum atomic E-state index is 12.9. The molecule has 0 aliphatic carbocycles. The molecule has 1 heterocycles. The smallest absolute Gasteiger partial charge is 0.319 e. The number of anilines is 1. The summed E-state index contributed by atoms with van der Waals surface area (Å²) in [6.45, 7) is 1.58. The summed E-state index contributed by atoms with van der Waals surface area (Å²) in [5.74, 6) is -0.477. The Kier molecular flexibility index (Phi) is 5.53. The molecule has 0 radical (unpaired) electrons. The SMILES string of the molecule is CC1=C(C(=O)Nc2ccc(Cl)cc2)C(c2ccc(Cl)c([N+](=O)[O-])c2)NC(=O)N1. The van der Waals surface area contributed by atoms with Crippen molar-refractivity contribution in [2.24, 2.45) is 0 Å². The van der Waals surface area contributed by atoms with Gasteiger partial charge in [-0.3, -0.25) is 14.9 Å². The number of urea groups is 1. The van der Waals surface area contributed by atoms with Gasteiger partial charge >= 0.3 is 6.03 Å². The van der Waals surface area contributed by atoms with Gasteiger partial charge in [-0.25, -0.2) is 4.79 Å². The molecule has 2 aromatic rings. The summed E-state index contributed by atoms with van der Waals surface area (Å²) in [6.07, 6.45) is 0. The Hall–Kier alpha value is -3.10. The molecule has 10 heteroatoms. The number of amides is 3. The van der Waals surface area contributed by atoms with Crippen LogP contribution in [0.25, 0.3) is 0 Å². The first kappa shape index (κ1) is 19.7. The highest BCUT2D eigenvalue weighted by Gasteiger charge is 2.32. The van der Waals surface area contributed by atoms with E-state index in [0.717, 1.165) is 0 Å². The number of nitrogens with zero attached hydrogens (tertiary/aromatic N) is 1. The molecule has 8 nitrogen and oxygen atoms in total. The molecule has 28 heavy (non-hydrogen) atoms. The lowest BCUT2D eigenvalue weighted by Gasteiger charge is -2.28. The normalized spacial score (nSPS) is 16.2. The van der Waals surface area contributed by atoms with E-state index in [-0.39, 0.29) is 16.3 Å². The van der Waals surface area contributed by atoms with Crippen molar-refractivity contribution in [2.75, 3.05) is 5.32 Å². The molecule has 144 valence electrons. The fourth-order valence-corrected chi connectivity index (χ4v) is 3.14. The van der Waals surface area contributed by atoms with Crippen LogP contribution in [-0.4, -0.2) is 16.9 Å². The van der Waals surface area contributed by atoms with Gasteiger partial charge in [0, 0.05) is 22.5 Å². The molecule has 3 rings (SSSR count). The van der Waals surface area contributed by atoms with E-state index in [0.29, 0.717) is 22.0 Å². The predicted molar refractivity (Wildman–Crippen MR) is 105 cm³/mol. The van der Waals surface area contributed by atoms with Crippen LogP contribution in [0.1, 0.15) is 18.5 Å². The van der Waals surface area contributed by atoms with Crippen molar-refractivity contribution < 1.29 is 14.5 Å². The molecule has 3 amide bonds. The molecule has 1 unspecified atom stereocenters. The molecule has 0 saturated carbocycles. The number of allylic oxidation sites excluding steroid dienone is 1. The highest BCUT2D eigenvalue weighted by molar-refractivity contribution is 6.32. The van der Waals surface area contributed by atoms with Crippen molar-refractivity contribution in [1.29, 1.82) is 0 Å². The van der Waals surface area contributed by atoms with Gasteiger partial charge in [-0.1, -0.05) is 29.3 Å². The lowest BCUT2D eigenvalue weighted by Crippen LogP contribution is -2.46. The predicted octanol–water partition coefficient (Wildman–Crippen LogP) is 4.17. The van der Waals surface area contributed by atoms with Crippen LogP contribution >= 0.6 is 23.2 Å². The zero-order valence-corrected chi connectivity index (χ0v) is 16.0. The van der Waals surface area contributed by atoms with E-state index in [1.54, 1.807) is 31.2 Å². The number of halogens is 2. The first-order valence-electron chi connectivity index (χ1n) is 8.05. The second-order valence-corrected chi connectivity index (χ2v) is 6.84. The van der Waals surface area contributed by atoms with Gasteiger partial charge in [0.15, 0.2) is 0 Å². The zero-order valence-electron chi connectivity index (χ0n) is 14.5. The monoisotopic (exact) mass is 420 g/mol. The Balaban J connectivity index is 1.99. The van der Waals surface area contributed by atoms with Gasteiger partial charge in [-0.2, -0.15) is 0 Å². The zero-order chi connectivity index (χ0) is 20.4. The molecule has 0 spiro atoms. The Morgan fingerprint density at radius 3 is 2.50 bits per heavy atom. The molecule has 2 aromatic carbocycles. The molecule has 1 aliphatic heterocycles. The molecule has 1 atom stereocenters. The summed E-state index contributed by atoms with van der Waals surface area (Å²) < 4.78 is 0. The minimum atomic E-state index is -0.892. The number of nitro groups is 1. The van der Waals surface area contributed by atoms with Crippen LogP contribution in [0.15, 0.2) is 53.7 Å². The van der Waals surface area contributed by atoms with Crippen molar-refractivity contribution in [1.82, 2.24) is 10.6 Å². The Labute approximate surface area is 169 Å². The van der Waals surface area contributed by atoms with Crippen molar-refractivity contribution in [3.8, 4) is 0 Å². The Morgan fingerprint density at radius 1 is 1.18 bits per heavy atom. The largest absolute Gasteiger partial charge is 0.327 e. The Bertz CT molecular complexity index is 1010. The highest BCUT2D eigenvalue weighted by Crippen LogP contribution is 2.33. The van der Waals surface area contributed by atoms with E-state index >= 15 is 0 Å². The topological polar surface area (TPSA) is 113 Å². The van der Waals surface area contributed by atoms with E-state index in [1.165, 1.54) is 18.2 Å². The molecule has 0 fully saturated rings. The van der Waals surface area contributed by atoms with Crippen LogP contribution in [-0.2, 0) is 4.79 Å². The first-order valence-corrected chi connectivity index (χ1v) is 8.81. The van der Waals surface area contributed by atoms with E-state index in [2.05, 4.69) is 16.0 Å². The van der Waals surface area contributed by atoms with Gasteiger partial charge in [0.2, 0.25) is 0 Å². The van der Waals surface area contributed by atoms with Gasteiger partial charge in [-0.05, 0) is 42.8 Å². The first-order chi connectivity index (χ1) is 13.3. The third-order valence-electron chi connectivity index (χ3n) is 4.12. The van der Waals surface area contributed by atoms with Gasteiger partial charge in [0.1, 0.15) is 5.02 Å². The molecule has 1 aliphatic rings. The quantitative estimate of drug-likeness (QED) is 0.508. The van der Waals surface area contributed by atoms with E-state index in [1.807, 2.05) is 0 Å². The number of hydrogen-bond acceptors (Lipinski definition) is 4. The van der Waals surface area contributed by atoms with Gasteiger partial charge < -0.3 is 16.0 Å². The number of nitro benzene ring substituents is 1. The summed E-state index contributed by atoms with van der Waals surface area (Å²) in [4.78, 5) is 35.4. The second-order valence-electron chi connectivity index (χ2n) is 6.00. The van der Waals surface area contributed by atoms with Crippen molar-refractivity contribution in [2.45, 2.75) is 13.0 Å². The van der Waals surface area contributed by atoms with Crippen molar-refractivity contribution in [3.63, 3.8) is 0 Å². The average Bonchev–Trinajstić information content (AvgIpc) is 2.63. The fraction of sp³-hybridized carbons (Fsp3) is 0.111. The molecule has 0 saturated heterocycles. The maximum absolute atomic E-state index is 12.9. The fourth-order valence-electron chi connectivity index (χ4n) is 2.83. The van der Waals surface area contributed by atoms with Crippen LogP contribution in [0.3, 0.4) is 0 Å². The maximum Gasteiger partial charge on any atom is 0.319 e. The number of benzene rings is 2. The van der Waals surface area contributed by atoms with Crippen molar-refractivity contribution >= 4 is 46.5 Å². The summed E-state index contributed by atoms with van der Waals surface area (Å²) in [5.41, 5.74) is 1.09. The standard InChI is InChI=1S/C18H14Cl2N4O4/c1-9-15(17(25)22-12-5-3-11(19)4-6-12)16(23-18(26)21-9)10-2-7-13(20)14(8-10)24(27)28/h2-8,16H,1H3,(H,22,25)(H2,21,23,26). The lowest BCUT2D eigenvalue weighted by molar-refractivity contribution is -0.384. The average molecular weight is 421 g/mol. The minimum Gasteiger partial charge on any atom is -0.327 e. The molecule has 3 N–H and O–H groups in total. The van der Waals surface area contributed by atoms with Crippen LogP contribution in [0.4, 0.5) is 16.2 Å². The molecular formula is C18H14Cl2N4O4. The molecular weight excluding hydrogens is 407 g/mol. The van der Waals surface area contributed by atoms with Gasteiger partial charge in [0.25, 0.3) is 11.6 Å². The minimum absolute atomic E-state index is 0.0399. The van der Waals surface area contributed by atoms with Crippen LogP contribution in [0, 0.1) is 10.1 Å². The van der Waals surface area contributed by atoms with Gasteiger partial charge in [0.05, 0.1) is 16.5 Å². The number of carbonyl (C=O) groups is 2. The summed E-state index contributed by atoms with van der Waals surface area (Å²) in [6, 6.07) is 9.21. The molecule has 0 bridgehead atoms. The van der Waals surface area contributed by atoms with E-state index in [9.17, 15) is 19.7 Å².